The molecule has 2 unspecified atom stereocenters. The van der Waals surface area contributed by atoms with Crippen LogP contribution in [0, 0.1) is 11.3 Å². The van der Waals surface area contributed by atoms with E-state index in [4.69, 9.17) is 4.74 Å². The molecule has 0 bridgehead atoms. The second-order valence-electron chi connectivity index (χ2n) is 6.82. The van der Waals surface area contributed by atoms with E-state index in [1.807, 2.05) is 20.8 Å². The molecule has 1 fully saturated rings. The molecule has 1 aliphatic carbocycles. The van der Waals surface area contributed by atoms with Gasteiger partial charge in [-0.3, -0.25) is 10.1 Å². The lowest BCUT2D eigenvalue weighted by molar-refractivity contribution is -0.165. The number of hydrogen-bond donors (Lipinski definition) is 1. The molecule has 0 aromatic rings. The summed E-state index contributed by atoms with van der Waals surface area (Å²) in [5, 5.41) is 2.52. The summed E-state index contributed by atoms with van der Waals surface area (Å²) in [6, 6.07) is 0. The maximum atomic E-state index is 12.6. The van der Waals surface area contributed by atoms with Crippen LogP contribution in [0.25, 0.3) is 0 Å². The van der Waals surface area contributed by atoms with Crippen molar-refractivity contribution in [2.24, 2.45) is 11.3 Å². The second kappa shape index (κ2) is 6.55. The van der Waals surface area contributed by atoms with Gasteiger partial charge >= 0.3 is 12.1 Å². The van der Waals surface area contributed by atoms with Crippen LogP contribution in [0.15, 0.2) is 0 Å². The first-order valence-electron chi connectivity index (χ1n) is 7.52. The predicted octanol–water partition coefficient (Wildman–Crippen LogP) is 3.68. The van der Waals surface area contributed by atoms with Crippen molar-refractivity contribution in [3.05, 3.63) is 0 Å². The molecule has 1 rings (SSSR count). The van der Waals surface area contributed by atoms with Crippen LogP contribution in [0.2, 0.25) is 0 Å². The van der Waals surface area contributed by atoms with Crippen molar-refractivity contribution >= 4 is 5.97 Å². The summed E-state index contributed by atoms with van der Waals surface area (Å²) < 4.78 is 43.0. The van der Waals surface area contributed by atoms with Crippen LogP contribution in [0.5, 0.6) is 0 Å². The van der Waals surface area contributed by atoms with Gasteiger partial charge in [-0.25, -0.2) is 0 Å². The van der Waals surface area contributed by atoms with Crippen molar-refractivity contribution < 1.29 is 22.7 Å². The summed E-state index contributed by atoms with van der Waals surface area (Å²) in [5.74, 6) is -0.728. The quantitative estimate of drug-likeness (QED) is 0.805. The molecular formula is C15H26F3NO2. The molecule has 0 aliphatic heterocycles. The highest BCUT2D eigenvalue weighted by Crippen LogP contribution is 2.45. The second-order valence-corrected chi connectivity index (χ2v) is 6.82. The number of nitrogens with one attached hydrogen (secondary N) is 1. The summed E-state index contributed by atoms with van der Waals surface area (Å²) in [7, 11) is 0. The minimum atomic E-state index is -4.35. The first-order valence-corrected chi connectivity index (χ1v) is 7.52. The first-order chi connectivity index (χ1) is 9.53. The molecule has 0 heterocycles. The van der Waals surface area contributed by atoms with Crippen molar-refractivity contribution in [3.8, 4) is 0 Å². The zero-order valence-corrected chi connectivity index (χ0v) is 13.3. The summed E-state index contributed by atoms with van der Waals surface area (Å²) >= 11 is 0. The third kappa shape index (κ3) is 4.59. The van der Waals surface area contributed by atoms with Gasteiger partial charge in [0.05, 0.1) is 13.2 Å². The average Bonchev–Trinajstić information content (AvgIpc) is 2.35. The third-order valence-corrected chi connectivity index (χ3v) is 4.20. The molecule has 1 saturated carbocycles. The normalized spacial score (nSPS) is 27.5. The molecule has 21 heavy (non-hydrogen) atoms. The maximum absolute atomic E-state index is 12.6. The van der Waals surface area contributed by atoms with E-state index in [0.29, 0.717) is 6.42 Å². The van der Waals surface area contributed by atoms with Gasteiger partial charge < -0.3 is 4.74 Å². The number of alkyl halides is 3. The number of ether oxygens (including phenoxy) is 1. The van der Waals surface area contributed by atoms with E-state index in [2.05, 4.69) is 5.32 Å². The third-order valence-electron chi connectivity index (χ3n) is 4.20. The number of halogens is 3. The lowest BCUT2D eigenvalue weighted by atomic mass is 9.62. The monoisotopic (exact) mass is 309 g/mol. The SMILES string of the molecule is CCOC(=O)C1(NCC(F)(F)F)CCCCC1C(C)(C)C. The van der Waals surface area contributed by atoms with Crippen LogP contribution < -0.4 is 5.32 Å². The Morgan fingerprint density at radius 3 is 2.38 bits per heavy atom. The molecule has 1 aliphatic rings. The van der Waals surface area contributed by atoms with Crippen LogP contribution in [-0.2, 0) is 9.53 Å². The van der Waals surface area contributed by atoms with Crippen LogP contribution in [0.4, 0.5) is 13.2 Å². The van der Waals surface area contributed by atoms with E-state index in [0.717, 1.165) is 19.3 Å². The molecule has 0 spiro atoms. The highest BCUT2D eigenvalue weighted by molar-refractivity contribution is 5.81. The van der Waals surface area contributed by atoms with Gasteiger partial charge in [0.25, 0.3) is 0 Å². The molecular weight excluding hydrogens is 283 g/mol. The number of rotatable bonds is 4. The Balaban J connectivity index is 3.11. The molecule has 0 radical (unpaired) electrons. The minimum absolute atomic E-state index is 0.172. The fourth-order valence-electron chi connectivity index (χ4n) is 3.39. The molecule has 124 valence electrons. The van der Waals surface area contributed by atoms with Crippen LogP contribution in [0.1, 0.15) is 53.4 Å². The predicted molar refractivity (Wildman–Crippen MR) is 74.8 cm³/mol. The van der Waals surface area contributed by atoms with Crippen molar-refractivity contribution in [2.75, 3.05) is 13.2 Å². The lowest BCUT2D eigenvalue weighted by Gasteiger charge is -2.48. The molecule has 0 aromatic heterocycles. The van der Waals surface area contributed by atoms with E-state index >= 15 is 0 Å². The fourth-order valence-corrected chi connectivity index (χ4v) is 3.39. The van der Waals surface area contributed by atoms with Crippen molar-refractivity contribution in [2.45, 2.75) is 65.1 Å². The zero-order chi connectivity index (χ0) is 16.3. The van der Waals surface area contributed by atoms with Crippen molar-refractivity contribution in [1.29, 1.82) is 0 Å². The largest absolute Gasteiger partial charge is 0.465 e. The Bertz CT molecular complexity index is 363. The van der Waals surface area contributed by atoms with Crippen LogP contribution in [0.3, 0.4) is 0 Å². The van der Waals surface area contributed by atoms with Gasteiger partial charge in [0.15, 0.2) is 0 Å². The topological polar surface area (TPSA) is 38.3 Å². The molecule has 0 amide bonds. The summed E-state index contributed by atoms with van der Waals surface area (Å²) in [5.41, 5.74) is -1.51. The van der Waals surface area contributed by atoms with Gasteiger partial charge in [-0.1, -0.05) is 33.6 Å². The van der Waals surface area contributed by atoms with Gasteiger partial charge in [-0.2, -0.15) is 13.2 Å². The van der Waals surface area contributed by atoms with E-state index in [-0.39, 0.29) is 17.9 Å². The first kappa shape index (κ1) is 18.3. The van der Waals surface area contributed by atoms with E-state index in [1.165, 1.54) is 0 Å². The van der Waals surface area contributed by atoms with E-state index in [9.17, 15) is 18.0 Å². The van der Waals surface area contributed by atoms with Crippen molar-refractivity contribution in [3.63, 3.8) is 0 Å². The maximum Gasteiger partial charge on any atom is 0.401 e. The average molecular weight is 309 g/mol. The zero-order valence-electron chi connectivity index (χ0n) is 13.3. The Morgan fingerprint density at radius 2 is 1.90 bits per heavy atom. The number of esters is 1. The van der Waals surface area contributed by atoms with Gasteiger partial charge in [-0.05, 0) is 31.1 Å². The number of hydrogen-bond acceptors (Lipinski definition) is 3. The van der Waals surface area contributed by atoms with Gasteiger partial charge in [0.1, 0.15) is 5.54 Å². The number of carbonyl (C=O) groups is 1. The van der Waals surface area contributed by atoms with Crippen LogP contribution in [-0.4, -0.2) is 30.8 Å². The molecule has 3 nitrogen and oxygen atoms in total. The fraction of sp³-hybridized carbons (Fsp3) is 0.933. The molecule has 6 heteroatoms. The standard InChI is InChI=1S/C15H26F3NO2/c1-5-21-12(20)14(19-10-15(16,17)18)9-7-6-8-11(14)13(2,3)4/h11,19H,5-10H2,1-4H3. The number of carbonyl (C=O) groups excluding carboxylic acids is 1. The molecule has 0 saturated heterocycles. The molecule has 0 aromatic carbocycles. The Kier molecular flexibility index (Phi) is 5.69. The van der Waals surface area contributed by atoms with Gasteiger partial charge in [-0.15, -0.1) is 0 Å². The Labute approximate surface area is 124 Å². The molecule has 2 atom stereocenters. The smallest absolute Gasteiger partial charge is 0.401 e. The summed E-state index contributed by atoms with van der Waals surface area (Å²) in [6.45, 7) is 6.57. The van der Waals surface area contributed by atoms with E-state index < -0.39 is 24.2 Å². The van der Waals surface area contributed by atoms with Crippen LogP contribution >= 0.6 is 0 Å². The Morgan fingerprint density at radius 1 is 1.29 bits per heavy atom. The van der Waals surface area contributed by atoms with Gasteiger partial charge in [0.2, 0.25) is 0 Å². The molecule has 1 N–H and O–H groups in total. The van der Waals surface area contributed by atoms with Gasteiger partial charge in [0, 0.05) is 0 Å². The highest BCUT2D eigenvalue weighted by Gasteiger charge is 2.53. The summed E-state index contributed by atoms with van der Waals surface area (Å²) in [4.78, 5) is 12.4. The van der Waals surface area contributed by atoms with Crippen molar-refractivity contribution in [1.82, 2.24) is 5.32 Å². The highest BCUT2D eigenvalue weighted by atomic mass is 19.4. The lowest BCUT2D eigenvalue weighted by Crippen LogP contribution is -2.63. The summed E-state index contributed by atoms with van der Waals surface area (Å²) in [6.07, 6.45) is -1.57. The minimum Gasteiger partial charge on any atom is -0.465 e. The van der Waals surface area contributed by atoms with E-state index in [1.54, 1.807) is 6.92 Å². The Hall–Kier alpha value is -0.780.